The monoisotopic (exact) mass is 395 g/mol. The first-order valence-electron chi connectivity index (χ1n) is 5.14. The quantitative estimate of drug-likeness (QED) is 0.727. The zero-order chi connectivity index (χ0) is 13.3. The molecular weight excluding hydrogens is 387 g/mol. The number of rotatable bonds is 2. The predicted octanol–water partition coefficient (Wildman–Crippen LogP) is 4.79. The van der Waals surface area contributed by atoms with Gasteiger partial charge in [0.2, 0.25) is 0 Å². The van der Waals surface area contributed by atoms with Crippen LogP contribution in [0.2, 0.25) is 10.0 Å². The molecule has 0 saturated heterocycles. The SMILES string of the molecule is NC(c1cc(F)ccc1Cl)c1cc(Cl)ccc1I. The van der Waals surface area contributed by atoms with Gasteiger partial charge in [-0.05, 0) is 70.1 Å². The molecule has 0 aliphatic heterocycles. The van der Waals surface area contributed by atoms with E-state index in [0.717, 1.165) is 9.13 Å². The number of hydrogen-bond donors (Lipinski definition) is 1. The van der Waals surface area contributed by atoms with Crippen molar-refractivity contribution in [3.63, 3.8) is 0 Å². The van der Waals surface area contributed by atoms with Gasteiger partial charge in [0.15, 0.2) is 0 Å². The van der Waals surface area contributed by atoms with E-state index in [1.54, 1.807) is 12.1 Å². The fourth-order valence-electron chi connectivity index (χ4n) is 1.67. The summed E-state index contributed by atoms with van der Waals surface area (Å²) in [6.45, 7) is 0. The Morgan fingerprint density at radius 2 is 1.78 bits per heavy atom. The number of benzene rings is 2. The van der Waals surface area contributed by atoms with Gasteiger partial charge in [-0.3, -0.25) is 0 Å². The zero-order valence-electron chi connectivity index (χ0n) is 9.13. The Morgan fingerprint density at radius 1 is 1.06 bits per heavy atom. The molecule has 1 unspecified atom stereocenters. The van der Waals surface area contributed by atoms with Crippen LogP contribution in [0.25, 0.3) is 0 Å². The van der Waals surface area contributed by atoms with Gasteiger partial charge in [-0.2, -0.15) is 0 Å². The predicted molar refractivity (Wildman–Crippen MR) is 81.6 cm³/mol. The van der Waals surface area contributed by atoms with Crippen LogP contribution >= 0.6 is 45.8 Å². The van der Waals surface area contributed by atoms with E-state index >= 15 is 0 Å². The van der Waals surface area contributed by atoms with Gasteiger partial charge >= 0.3 is 0 Å². The Hall–Kier alpha value is -0.360. The highest BCUT2D eigenvalue weighted by molar-refractivity contribution is 14.1. The first-order chi connectivity index (χ1) is 8.49. The highest BCUT2D eigenvalue weighted by Crippen LogP contribution is 2.31. The summed E-state index contributed by atoms with van der Waals surface area (Å²) in [4.78, 5) is 0. The van der Waals surface area contributed by atoms with Gasteiger partial charge < -0.3 is 5.73 Å². The van der Waals surface area contributed by atoms with E-state index in [9.17, 15) is 4.39 Å². The Balaban J connectivity index is 2.50. The molecule has 0 aromatic heterocycles. The molecule has 2 aromatic rings. The summed E-state index contributed by atoms with van der Waals surface area (Å²) in [6.07, 6.45) is 0. The third kappa shape index (κ3) is 2.96. The number of halogens is 4. The molecule has 0 fully saturated rings. The lowest BCUT2D eigenvalue weighted by atomic mass is 9.99. The summed E-state index contributed by atoms with van der Waals surface area (Å²) in [5, 5.41) is 1.04. The van der Waals surface area contributed by atoms with Gasteiger partial charge in [0.05, 0.1) is 6.04 Å². The molecule has 2 N–H and O–H groups in total. The van der Waals surface area contributed by atoms with Crippen LogP contribution in [0.3, 0.4) is 0 Å². The molecule has 1 atom stereocenters. The molecule has 5 heteroatoms. The van der Waals surface area contributed by atoms with E-state index in [4.69, 9.17) is 28.9 Å². The Bertz CT molecular complexity index is 538. The molecule has 2 rings (SSSR count). The second-order valence-corrected chi connectivity index (χ2v) is 5.82. The molecule has 0 amide bonds. The van der Waals surface area contributed by atoms with E-state index in [0.29, 0.717) is 15.6 Å². The Morgan fingerprint density at radius 3 is 2.50 bits per heavy atom. The van der Waals surface area contributed by atoms with Gasteiger partial charge in [-0.15, -0.1) is 0 Å². The second kappa shape index (κ2) is 5.74. The molecule has 94 valence electrons. The minimum absolute atomic E-state index is 0.359. The van der Waals surface area contributed by atoms with E-state index < -0.39 is 6.04 Å². The number of nitrogens with two attached hydrogens (primary N) is 1. The summed E-state index contributed by atoms with van der Waals surface area (Å²) < 4.78 is 14.2. The topological polar surface area (TPSA) is 26.0 Å². The molecular formula is C13H9Cl2FIN. The average Bonchev–Trinajstić information content (AvgIpc) is 2.34. The van der Waals surface area contributed by atoms with E-state index in [-0.39, 0.29) is 5.82 Å². The molecule has 0 spiro atoms. The van der Waals surface area contributed by atoms with Crippen LogP contribution in [0.5, 0.6) is 0 Å². The van der Waals surface area contributed by atoms with Crippen molar-refractivity contribution in [2.75, 3.05) is 0 Å². The van der Waals surface area contributed by atoms with Gasteiger partial charge in [0, 0.05) is 13.6 Å². The minimum Gasteiger partial charge on any atom is -0.320 e. The van der Waals surface area contributed by atoms with Gasteiger partial charge in [-0.1, -0.05) is 23.2 Å². The van der Waals surface area contributed by atoms with Crippen molar-refractivity contribution in [2.24, 2.45) is 5.73 Å². The fourth-order valence-corrected chi connectivity index (χ4v) is 2.76. The molecule has 0 heterocycles. The molecule has 18 heavy (non-hydrogen) atoms. The van der Waals surface area contributed by atoms with Gasteiger partial charge in [0.1, 0.15) is 5.82 Å². The lowest BCUT2D eigenvalue weighted by molar-refractivity contribution is 0.623. The van der Waals surface area contributed by atoms with Crippen LogP contribution in [0.15, 0.2) is 36.4 Å². The van der Waals surface area contributed by atoms with Gasteiger partial charge in [-0.25, -0.2) is 4.39 Å². The Kier molecular flexibility index (Phi) is 4.48. The molecule has 0 bridgehead atoms. The maximum absolute atomic E-state index is 13.3. The smallest absolute Gasteiger partial charge is 0.123 e. The van der Waals surface area contributed by atoms with E-state index in [1.165, 1.54) is 18.2 Å². The highest BCUT2D eigenvalue weighted by atomic mass is 127. The molecule has 0 aliphatic rings. The van der Waals surface area contributed by atoms with Crippen LogP contribution in [-0.4, -0.2) is 0 Å². The molecule has 0 radical (unpaired) electrons. The van der Waals surface area contributed by atoms with Crippen LogP contribution in [0, 0.1) is 9.39 Å². The van der Waals surface area contributed by atoms with Crippen LogP contribution < -0.4 is 5.73 Å². The van der Waals surface area contributed by atoms with Gasteiger partial charge in [0.25, 0.3) is 0 Å². The van der Waals surface area contributed by atoms with Crippen LogP contribution in [0.1, 0.15) is 17.2 Å². The third-order valence-corrected chi connectivity index (χ3v) is 4.15. The minimum atomic E-state index is -0.501. The summed E-state index contributed by atoms with van der Waals surface area (Å²) in [5.74, 6) is -0.359. The van der Waals surface area contributed by atoms with Crippen molar-refractivity contribution < 1.29 is 4.39 Å². The first-order valence-corrected chi connectivity index (χ1v) is 6.98. The van der Waals surface area contributed by atoms with E-state index in [2.05, 4.69) is 22.6 Å². The largest absolute Gasteiger partial charge is 0.320 e. The number of hydrogen-bond acceptors (Lipinski definition) is 1. The second-order valence-electron chi connectivity index (χ2n) is 3.81. The summed E-state index contributed by atoms with van der Waals surface area (Å²) in [7, 11) is 0. The zero-order valence-corrected chi connectivity index (χ0v) is 12.8. The lowest BCUT2D eigenvalue weighted by Crippen LogP contribution is -2.14. The Labute approximate surface area is 128 Å². The van der Waals surface area contributed by atoms with Crippen LogP contribution in [-0.2, 0) is 0 Å². The van der Waals surface area contributed by atoms with E-state index in [1.807, 2.05) is 6.07 Å². The molecule has 0 saturated carbocycles. The van der Waals surface area contributed by atoms with Crippen molar-refractivity contribution in [1.29, 1.82) is 0 Å². The highest BCUT2D eigenvalue weighted by Gasteiger charge is 2.16. The standard InChI is InChI=1S/C13H9Cl2FIN/c14-7-1-4-12(17)10(5-7)13(18)9-6-8(16)2-3-11(9)15/h1-6,13H,18H2. The molecule has 0 aliphatic carbocycles. The van der Waals surface area contributed by atoms with Crippen LogP contribution in [0.4, 0.5) is 4.39 Å². The summed E-state index contributed by atoms with van der Waals surface area (Å²) >= 11 is 14.2. The fraction of sp³-hybridized carbons (Fsp3) is 0.0769. The summed E-state index contributed by atoms with van der Waals surface area (Å²) in [6, 6.07) is 9.08. The molecule has 1 nitrogen and oxygen atoms in total. The maximum atomic E-state index is 13.3. The van der Waals surface area contributed by atoms with Crippen molar-refractivity contribution in [1.82, 2.24) is 0 Å². The first kappa shape index (κ1) is 14.1. The third-order valence-electron chi connectivity index (χ3n) is 2.59. The van der Waals surface area contributed by atoms with Crippen molar-refractivity contribution in [2.45, 2.75) is 6.04 Å². The van der Waals surface area contributed by atoms with Crippen molar-refractivity contribution in [3.05, 3.63) is 67.0 Å². The average molecular weight is 396 g/mol. The normalized spacial score (nSPS) is 12.5. The molecule has 2 aromatic carbocycles. The van der Waals surface area contributed by atoms with Crippen molar-refractivity contribution in [3.8, 4) is 0 Å². The van der Waals surface area contributed by atoms with Crippen molar-refractivity contribution >= 4 is 45.8 Å². The maximum Gasteiger partial charge on any atom is 0.123 e. The lowest BCUT2D eigenvalue weighted by Gasteiger charge is -2.16. The summed E-state index contributed by atoms with van der Waals surface area (Å²) in [5.41, 5.74) is 7.52.